The van der Waals surface area contributed by atoms with Gasteiger partial charge >= 0.3 is 5.97 Å². The number of carbonyl (C=O) groups is 1. The molecule has 0 saturated heterocycles. The van der Waals surface area contributed by atoms with Crippen molar-refractivity contribution in [2.24, 2.45) is 0 Å². The molecule has 1 N–H and O–H groups in total. The molecule has 0 spiro atoms. The Balaban J connectivity index is 2.93. The molecule has 0 amide bonds. The van der Waals surface area contributed by atoms with Gasteiger partial charge in [-0.2, -0.15) is 0 Å². The Hall–Kier alpha value is -1.03. The van der Waals surface area contributed by atoms with Crippen molar-refractivity contribution in [3.8, 4) is 5.75 Å². The number of ether oxygens (including phenoxy) is 1. The monoisotopic (exact) mass is 228 g/mol. The van der Waals surface area contributed by atoms with Gasteiger partial charge in [-0.3, -0.25) is 0 Å². The van der Waals surface area contributed by atoms with Crippen LogP contribution in [0.1, 0.15) is 41.7 Å². The number of hydrogen-bond donors (Lipinski definition) is 1. The second-order valence-corrected chi connectivity index (χ2v) is 4.54. The maximum Gasteiger partial charge on any atom is 0.349 e. The topological polar surface area (TPSA) is 46.5 Å². The molecule has 0 aliphatic carbocycles. The SMILES string of the molecule is CCc1cc(OC(C)CC)c(C(=O)O)s1. The van der Waals surface area contributed by atoms with Crippen molar-refractivity contribution in [1.29, 1.82) is 0 Å². The average molecular weight is 228 g/mol. The highest BCUT2D eigenvalue weighted by Gasteiger charge is 2.17. The Bertz CT molecular complexity index is 344. The summed E-state index contributed by atoms with van der Waals surface area (Å²) in [6, 6.07) is 1.83. The van der Waals surface area contributed by atoms with Crippen LogP contribution in [0.4, 0.5) is 0 Å². The van der Waals surface area contributed by atoms with Gasteiger partial charge < -0.3 is 9.84 Å². The summed E-state index contributed by atoms with van der Waals surface area (Å²) in [6.45, 7) is 5.96. The Morgan fingerprint density at radius 1 is 1.60 bits per heavy atom. The molecule has 0 aliphatic heterocycles. The lowest BCUT2D eigenvalue weighted by molar-refractivity contribution is 0.0696. The Morgan fingerprint density at radius 2 is 2.27 bits per heavy atom. The molecule has 0 saturated carbocycles. The summed E-state index contributed by atoms with van der Waals surface area (Å²) in [6.07, 6.45) is 1.77. The van der Waals surface area contributed by atoms with E-state index in [-0.39, 0.29) is 6.10 Å². The normalized spacial score (nSPS) is 12.5. The van der Waals surface area contributed by atoms with Gasteiger partial charge in [0.15, 0.2) is 4.88 Å². The van der Waals surface area contributed by atoms with E-state index in [2.05, 4.69) is 0 Å². The van der Waals surface area contributed by atoms with Crippen LogP contribution < -0.4 is 4.74 Å². The molecule has 3 nitrogen and oxygen atoms in total. The molecule has 1 aromatic rings. The summed E-state index contributed by atoms with van der Waals surface area (Å²) in [5, 5.41) is 8.99. The fourth-order valence-corrected chi connectivity index (χ4v) is 2.00. The van der Waals surface area contributed by atoms with Crippen molar-refractivity contribution >= 4 is 17.3 Å². The predicted octanol–water partition coefficient (Wildman–Crippen LogP) is 3.19. The first-order valence-electron chi connectivity index (χ1n) is 5.11. The third kappa shape index (κ3) is 2.96. The second kappa shape index (κ2) is 5.16. The first kappa shape index (κ1) is 12.0. The molecule has 0 aromatic carbocycles. The lowest BCUT2D eigenvalue weighted by Gasteiger charge is -2.11. The number of carboxylic acids is 1. The first-order chi connectivity index (χ1) is 7.08. The highest BCUT2D eigenvalue weighted by molar-refractivity contribution is 7.14. The maximum absolute atomic E-state index is 11.0. The number of aromatic carboxylic acids is 1. The van der Waals surface area contributed by atoms with E-state index in [1.54, 1.807) is 0 Å². The van der Waals surface area contributed by atoms with E-state index in [1.807, 2.05) is 26.8 Å². The van der Waals surface area contributed by atoms with E-state index >= 15 is 0 Å². The van der Waals surface area contributed by atoms with E-state index in [1.165, 1.54) is 11.3 Å². The van der Waals surface area contributed by atoms with E-state index in [0.717, 1.165) is 17.7 Å². The Kier molecular flexibility index (Phi) is 4.15. The van der Waals surface area contributed by atoms with Gasteiger partial charge in [-0.05, 0) is 25.8 Å². The summed E-state index contributed by atoms with van der Waals surface area (Å²) >= 11 is 1.30. The van der Waals surface area contributed by atoms with Crippen molar-refractivity contribution in [2.75, 3.05) is 0 Å². The van der Waals surface area contributed by atoms with Crippen LogP contribution in [-0.4, -0.2) is 17.2 Å². The van der Waals surface area contributed by atoms with Crippen molar-refractivity contribution in [3.05, 3.63) is 15.8 Å². The Morgan fingerprint density at radius 3 is 2.73 bits per heavy atom. The number of aryl methyl sites for hydroxylation is 1. The maximum atomic E-state index is 11.0. The lowest BCUT2D eigenvalue weighted by Crippen LogP contribution is -2.11. The predicted molar refractivity (Wildman–Crippen MR) is 61.0 cm³/mol. The highest BCUT2D eigenvalue weighted by atomic mass is 32.1. The minimum atomic E-state index is -0.905. The van der Waals surface area contributed by atoms with Crippen LogP contribution in [0.3, 0.4) is 0 Å². The molecule has 0 bridgehead atoms. The van der Waals surface area contributed by atoms with Crippen molar-refractivity contribution in [2.45, 2.75) is 39.7 Å². The van der Waals surface area contributed by atoms with Crippen LogP contribution in [0.5, 0.6) is 5.75 Å². The van der Waals surface area contributed by atoms with Gasteiger partial charge in [-0.15, -0.1) is 11.3 Å². The summed E-state index contributed by atoms with van der Waals surface area (Å²) in [5.74, 6) is -0.392. The summed E-state index contributed by atoms with van der Waals surface area (Å²) in [5.41, 5.74) is 0. The number of rotatable bonds is 5. The number of thiophene rings is 1. The molecule has 1 aromatic heterocycles. The average Bonchev–Trinajstić information content (AvgIpc) is 2.61. The van der Waals surface area contributed by atoms with Crippen molar-refractivity contribution in [1.82, 2.24) is 0 Å². The minimum absolute atomic E-state index is 0.0578. The van der Waals surface area contributed by atoms with E-state index in [4.69, 9.17) is 9.84 Å². The van der Waals surface area contributed by atoms with Crippen molar-refractivity contribution in [3.63, 3.8) is 0 Å². The summed E-state index contributed by atoms with van der Waals surface area (Å²) in [4.78, 5) is 12.3. The van der Waals surface area contributed by atoms with Gasteiger partial charge in [0.1, 0.15) is 5.75 Å². The number of carboxylic acid groups (broad SMARTS) is 1. The fourth-order valence-electron chi connectivity index (χ4n) is 1.13. The van der Waals surface area contributed by atoms with Gasteiger partial charge in [-0.1, -0.05) is 13.8 Å². The zero-order valence-corrected chi connectivity index (χ0v) is 10.1. The molecule has 1 rings (SSSR count). The quantitative estimate of drug-likeness (QED) is 0.841. The van der Waals surface area contributed by atoms with Gasteiger partial charge in [0, 0.05) is 4.88 Å². The third-order valence-corrected chi connectivity index (χ3v) is 3.44. The fraction of sp³-hybridized carbons (Fsp3) is 0.545. The van der Waals surface area contributed by atoms with Gasteiger partial charge in [0.2, 0.25) is 0 Å². The van der Waals surface area contributed by atoms with Crippen molar-refractivity contribution < 1.29 is 14.6 Å². The van der Waals surface area contributed by atoms with Crippen LogP contribution in [-0.2, 0) is 6.42 Å². The molecule has 0 fully saturated rings. The van der Waals surface area contributed by atoms with E-state index in [0.29, 0.717) is 10.6 Å². The summed E-state index contributed by atoms with van der Waals surface area (Å²) < 4.78 is 5.57. The van der Waals surface area contributed by atoms with Crippen LogP contribution in [0, 0.1) is 0 Å². The molecular formula is C11H16O3S. The molecule has 4 heteroatoms. The zero-order valence-electron chi connectivity index (χ0n) is 9.24. The van der Waals surface area contributed by atoms with Crippen LogP contribution in [0.25, 0.3) is 0 Å². The summed E-state index contributed by atoms with van der Waals surface area (Å²) in [7, 11) is 0. The molecule has 0 radical (unpaired) electrons. The van der Waals surface area contributed by atoms with Crippen LogP contribution in [0.2, 0.25) is 0 Å². The molecule has 1 heterocycles. The molecule has 15 heavy (non-hydrogen) atoms. The van der Waals surface area contributed by atoms with E-state index < -0.39 is 5.97 Å². The second-order valence-electron chi connectivity index (χ2n) is 3.40. The smallest absolute Gasteiger partial charge is 0.349 e. The Labute approximate surface area is 93.7 Å². The third-order valence-electron chi connectivity index (χ3n) is 2.19. The molecule has 1 atom stereocenters. The van der Waals surface area contributed by atoms with Crippen LogP contribution in [0.15, 0.2) is 6.07 Å². The van der Waals surface area contributed by atoms with Gasteiger partial charge in [-0.25, -0.2) is 4.79 Å². The molecular weight excluding hydrogens is 212 g/mol. The van der Waals surface area contributed by atoms with Gasteiger partial charge in [0.05, 0.1) is 6.10 Å². The van der Waals surface area contributed by atoms with E-state index in [9.17, 15) is 4.79 Å². The minimum Gasteiger partial charge on any atom is -0.489 e. The largest absolute Gasteiger partial charge is 0.489 e. The first-order valence-corrected chi connectivity index (χ1v) is 5.92. The highest BCUT2D eigenvalue weighted by Crippen LogP contribution is 2.30. The molecule has 1 unspecified atom stereocenters. The standard InChI is InChI=1S/C11H16O3S/c1-4-7(3)14-9-6-8(5-2)15-10(9)11(12)13/h6-7H,4-5H2,1-3H3,(H,12,13). The molecule has 0 aliphatic rings. The lowest BCUT2D eigenvalue weighted by atomic mass is 10.3. The van der Waals surface area contributed by atoms with Gasteiger partial charge in [0.25, 0.3) is 0 Å². The molecule has 84 valence electrons. The van der Waals surface area contributed by atoms with Crippen LogP contribution >= 0.6 is 11.3 Å². The number of hydrogen-bond acceptors (Lipinski definition) is 3. The zero-order chi connectivity index (χ0) is 11.4.